The zero-order valence-corrected chi connectivity index (χ0v) is 16.7. The molecule has 0 saturated heterocycles. The summed E-state index contributed by atoms with van der Waals surface area (Å²) in [5.41, 5.74) is 7.26. The fourth-order valence-corrected chi connectivity index (χ4v) is 2.59. The van der Waals surface area contributed by atoms with Crippen molar-refractivity contribution in [3.63, 3.8) is 0 Å². The molecule has 2 rings (SSSR count). The molecule has 0 bridgehead atoms. The average Bonchev–Trinajstić information content (AvgIpc) is 2.36. The van der Waals surface area contributed by atoms with Gasteiger partial charge in [0.15, 0.2) is 0 Å². The van der Waals surface area contributed by atoms with Crippen LogP contribution in [0, 0.1) is 13.8 Å². The average molecular weight is 397 g/mol. The SMILES string of the molecule is Cc1nc([N-]S(=O)(=O)c2ccc(N)cc2)nc(C)c1Br.O.[Na+]. The monoisotopic (exact) mass is 396 g/mol. The third-order valence-electron chi connectivity index (χ3n) is 2.55. The number of aromatic nitrogens is 2. The van der Waals surface area contributed by atoms with E-state index >= 15 is 0 Å². The maximum atomic E-state index is 12.1. The Labute approximate surface area is 159 Å². The van der Waals surface area contributed by atoms with E-state index in [-0.39, 0.29) is 45.9 Å². The molecule has 0 saturated carbocycles. The molecule has 4 N–H and O–H groups in total. The Morgan fingerprint density at radius 3 is 2.00 bits per heavy atom. The van der Waals surface area contributed by atoms with Crippen LogP contribution in [-0.4, -0.2) is 23.9 Å². The summed E-state index contributed by atoms with van der Waals surface area (Å²) in [7, 11) is -3.85. The predicted molar refractivity (Wildman–Crippen MR) is 83.9 cm³/mol. The maximum absolute atomic E-state index is 12.1. The number of aryl methyl sites for hydroxylation is 2. The molecule has 0 fully saturated rings. The number of halogens is 1. The van der Waals surface area contributed by atoms with Gasteiger partial charge in [0.05, 0.1) is 4.90 Å². The number of nitrogens with zero attached hydrogens (tertiary/aromatic N) is 3. The van der Waals surface area contributed by atoms with Crippen molar-refractivity contribution in [3.8, 4) is 0 Å². The number of anilines is 1. The summed E-state index contributed by atoms with van der Waals surface area (Å²) >= 11 is 3.32. The van der Waals surface area contributed by atoms with Gasteiger partial charge >= 0.3 is 29.6 Å². The number of hydrogen-bond acceptors (Lipinski definition) is 5. The molecule has 0 atom stereocenters. The summed E-state index contributed by atoms with van der Waals surface area (Å²) in [6.07, 6.45) is 0. The van der Waals surface area contributed by atoms with Gasteiger partial charge in [-0.25, -0.2) is 8.42 Å². The summed E-state index contributed by atoms with van der Waals surface area (Å²) in [6.45, 7) is 3.49. The van der Waals surface area contributed by atoms with Crippen LogP contribution in [0.4, 0.5) is 11.6 Å². The van der Waals surface area contributed by atoms with Crippen molar-refractivity contribution >= 4 is 37.6 Å². The van der Waals surface area contributed by atoms with Crippen LogP contribution in [-0.2, 0) is 10.0 Å². The van der Waals surface area contributed by atoms with Crippen molar-refractivity contribution in [1.29, 1.82) is 0 Å². The molecule has 10 heteroatoms. The molecule has 1 aromatic heterocycles. The maximum Gasteiger partial charge on any atom is 1.00 e. The van der Waals surface area contributed by atoms with Crippen LogP contribution in [0.3, 0.4) is 0 Å². The second-order valence-electron chi connectivity index (χ2n) is 4.14. The molecule has 1 aromatic carbocycles. The van der Waals surface area contributed by atoms with Crippen molar-refractivity contribution in [2.75, 3.05) is 5.73 Å². The summed E-state index contributed by atoms with van der Waals surface area (Å²) < 4.78 is 28.6. The largest absolute Gasteiger partial charge is 1.00 e. The molecule has 114 valence electrons. The molecular weight excluding hydrogens is 383 g/mol. The molecule has 0 amide bonds. The molecule has 0 radical (unpaired) electrons. The van der Waals surface area contributed by atoms with E-state index in [0.29, 0.717) is 17.1 Å². The van der Waals surface area contributed by atoms with E-state index in [9.17, 15) is 8.42 Å². The first-order valence-corrected chi connectivity index (χ1v) is 7.87. The van der Waals surface area contributed by atoms with Crippen LogP contribution >= 0.6 is 15.9 Å². The van der Waals surface area contributed by atoms with Gasteiger partial charge in [0.25, 0.3) is 0 Å². The van der Waals surface area contributed by atoms with E-state index in [1.54, 1.807) is 13.8 Å². The summed E-state index contributed by atoms with van der Waals surface area (Å²) in [4.78, 5) is 8.12. The molecule has 0 aliphatic heterocycles. The number of nitrogens with two attached hydrogens (primary N) is 1. The minimum Gasteiger partial charge on any atom is -0.412 e. The standard InChI is InChI=1S/C12H12BrN4O2S.Na.H2O/c1-7-11(13)8(2)16-12(15-7)17-20(18,19)10-5-3-9(14)4-6-10;;/h3-6H,14H2,1-2H3;;1H2/q-1;+1;. The smallest absolute Gasteiger partial charge is 0.412 e. The van der Waals surface area contributed by atoms with Crippen molar-refractivity contribution < 1.29 is 43.5 Å². The Bertz CT molecular complexity index is 730. The van der Waals surface area contributed by atoms with E-state index in [1.807, 2.05) is 0 Å². The Morgan fingerprint density at radius 2 is 1.55 bits per heavy atom. The third kappa shape index (κ3) is 4.90. The van der Waals surface area contributed by atoms with Crippen LogP contribution in [0.2, 0.25) is 0 Å². The predicted octanol–water partition coefficient (Wildman–Crippen LogP) is -0.988. The van der Waals surface area contributed by atoms with Gasteiger partial charge in [-0.05, 0) is 65.4 Å². The number of hydrogen-bond donors (Lipinski definition) is 1. The number of benzene rings is 1. The Morgan fingerprint density at radius 1 is 1.09 bits per heavy atom. The molecule has 0 spiro atoms. The van der Waals surface area contributed by atoms with Crippen LogP contribution in [0.25, 0.3) is 4.72 Å². The third-order valence-corrected chi connectivity index (χ3v) is 4.97. The van der Waals surface area contributed by atoms with E-state index < -0.39 is 10.0 Å². The summed E-state index contributed by atoms with van der Waals surface area (Å²) in [5.74, 6) is -0.0833. The van der Waals surface area contributed by atoms with Crippen LogP contribution in [0.1, 0.15) is 11.4 Å². The van der Waals surface area contributed by atoms with E-state index in [1.165, 1.54) is 24.3 Å². The number of rotatable bonds is 3. The molecule has 0 unspecified atom stereocenters. The second kappa shape index (κ2) is 8.23. The molecule has 22 heavy (non-hydrogen) atoms. The fraction of sp³-hybridized carbons (Fsp3) is 0.167. The minimum atomic E-state index is -3.85. The first kappa shape index (κ1) is 21.3. The quantitative estimate of drug-likeness (QED) is 0.525. The topological polar surface area (TPSA) is 132 Å². The summed E-state index contributed by atoms with van der Waals surface area (Å²) in [5, 5.41) is 0. The van der Waals surface area contributed by atoms with Gasteiger partial charge in [-0.2, -0.15) is 0 Å². The van der Waals surface area contributed by atoms with Gasteiger partial charge in [-0.15, -0.1) is 0 Å². The van der Waals surface area contributed by atoms with Crippen LogP contribution in [0.5, 0.6) is 0 Å². The zero-order chi connectivity index (χ0) is 14.9. The van der Waals surface area contributed by atoms with Crippen molar-refractivity contribution in [1.82, 2.24) is 9.97 Å². The van der Waals surface area contributed by atoms with Crippen LogP contribution in [0.15, 0.2) is 33.6 Å². The number of sulfonamides is 1. The van der Waals surface area contributed by atoms with Crippen molar-refractivity contribution in [3.05, 3.63) is 44.8 Å². The molecule has 7 nitrogen and oxygen atoms in total. The second-order valence-corrected chi connectivity index (χ2v) is 6.54. The Hall–Kier alpha value is -0.710. The molecule has 0 aliphatic rings. The van der Waals surface area contributed by atoms with Gasteiger partial charge in [0.1, 0.15) is 0 Å². The first-order valence-electron chi connectivity index (χ1n) is 5.64. The van der Waals surface area contributed by atoms with Crippen molar-refractivity contribution in [2.45, 2.75) is 18.7 Å². The molecule has 1 heterocycles. The molecule has 0 aliphatic carbocycles. The number of nitrogen functional groups attached to an aromatic ring is 1. The van der Waals surface area contributed by atoms with Gasteiger partial charge < -0.3 is 21.2 Å². The van der Waals surface area contributed by atoms with E-state index in [0.717, 1.165) is 4.47 Å². The fourth-order valence-electron chi connectivity index (χ4n) is 1.53. The minimum absolute atomic E-state index is 0. The molecule has 2 aromatic rings. The summed E-state index contributed by atoms with van der Waals surface area (Å²) in [6, 6.07) is 5.79. The van der Waals surface area contributed by atoms with Crippen molar-refractivity contribution in [2.24, 2.45) is 0 Å². The van der Waals surface area contributed by atoms with Gasteiger partial charge in [-0.3, -0.25) is 4.72 Å². The zero-order valence-electron chi connectivity index (χ0n) is 12.3. The van der Waals surface area contributed by atoms with E-state index in [2.05, 4.69) is 30.6 Å². The van der Waals surface area contributed by atoms with Gasteiger partial charge in [0.2, 0.25) is 10.0 Å². The molecular formula is C12H14BrN4NaO3S. The van der Waals surface area contributed by atoms with Crippen LogP contribution < -0.4 is 35.3 Å². The van der Waals surface area contributed by atoms with E-state index in [4.69, 9.17) is 5.73 Å². The Balaban J connectivity index is 0.00000220. The first-order chi connectivity index (χ1) is 9.29. The van der Waals surface area contributed by atoms with Gasteiger partial charge in [-0.1, -0.05) is 0 Å². The van der Waals surface area contributed by atoms with Gasteiger partial charge in [0, 0.05) is 16.1 Å². The normalized spacial score (nSPS) is 10.3. The Kier molecular flexibility index (Phi) is 7.96.